The first kappa shape index (κ1) is 14.4. The molecule has 1 unspecified atom stereocenters. The molecule has 3 nitrogen and oxygen atoms in total. The maximum atomic E-state index is 5.37. The number of ether oxygens (including phenoxy) is 1. The molecule has 1 fully saturated rings. The molecule has 0 bridgehead atoms. The number of benzene rings is 1. The molecular weight excluding hydrogens is 236 g/mol. The standard InChI is InChI=1S/C16H26N2O/c1-12-10-16(19-4)13(2)9-14(12)6-8-18(3)15-5-7-17-11-15/h9-10,15,17H,5-8,11H2,1-4H3. The minimum atomic E-state index is 0.708. The number of likely N-dealkylation sites (N-methyl/N-ethyl adjacent to an activating group) is 1. The summed E-state index contributed by atoms with van der Waals surface area (Å²) in [5.41, 5.74) is 4.00. The predicted molar refractivity (Wildman–Crippen MR) is 80.1 cm³/mol. The van der Waals surface area contributed by atoms with Crippen LogP contribution >= 0.6 is 0 Å². The van der Waals surface area contributed by atoms with Gasteiger partial charge < -0.3 is 15.0 Å². The Balaban J connectivity index is 1.97. The Labute approximate surface area is 116 Å². The molecule has 19 heavy (non-hydrogen) atoms. The Kier molecular flexibility index (Phi) is 4.83. The molecule has 1 atom stereocenters. The fourth-order valence-corrected chi connectivity index (χ4v) is 2.83. The van der Waals surface area contributed by atoms with Crippen LogP contribution in [0.4, 0.5) is 0 Å². The van der Waals surface area contributed by atoms with Crippen molar-refractivity contribution in [3.05, 3.63) is 28.8 Å². The number of hydrogen-bond acceptors (Lipinski definition) is 3. The molecule has 1 N–H and O–H groups in total. The summed E-state index contributed by atoms with van der Waals surface area (Å²) in [5.74, 6) is 0.995. The van der Waals surface area contributed by atoms with Crippen LogP contribution in [-0.4, -0.2) is 44.7 Å². The summed E-state index contributed by atoms with van der Waals surface area (Å²) in [4.78, 5) is 2.49. The fourth-order valence-electron chi connectivity index (χ4n) is 2.83. The Morgan fingerprint density at radius 2 is 2.11 bits per heavy atom. The van der Waals surface area contributed by atoms with Crippen molar-refractivity contribution in [2.24, 2.45) is 0 Å². The summed E-state index contributed by atoms with van der Waals surface area (Å²) < 4.78 is 5.37. The molecule has 0 amide bonds. The van der Waals surface area contributed by atoms with E-state index in [0.717, 1.165) is 31.8 Å². The fraction of sp³-hybridized carbons (Fsp3) is 0.625. The maximum absolute atomic E-state index is 5.37. The summed E-state index contributed by atoms with van der Waals surface area (Å²) in [5, 5.41) is 3.43. The van der Waals surface area contributed by atoms with Crippen molar-refractivity contribution in [3.8, 4) is 5.75 Å². The second kappa shape index (κ2) is 6.40. The van der Waals surface area contributed by atoms with E-state index in [2.05, 4.69) is 43.2 Å². The van der Waals surface area contributed by atoms with E-state index in [1.807, 2.05) is 0 Å². The minimum absolute atomic E-state index is 0.708. The van der Waals surface area contributed by atoms with Crippen molar-refractivity contribution in [1.82, 2.24) is 10.2 Å². The lowest BCUT2D eigenvalue weighted by molar-refractivity contribution is 0.260. The third kappa shape index (κ3) is 3.48. The highest BCUT2D eigenvalue weighted by molar-refractivity contribution is 5.41. The van der Waals surface area contributed by atoms with Gasteiger partial charge in [0.25, 0.3) is 0 Å². The molecule has 106 valence electrons. The predicted octanol–water partition coefficient (Wildman–Crippen LogP) is 2.15. The molecule has 1 heterocycles. The summed E-state index contributed by atoms with van der Waals surface area (Å²) in [6.45, 7) is 7.71. The van der Waals surface area contributed by atoms with Gasteiger partial charge in [0.05, 0.1) is 7.11 Å². The van der Waals surface area contributed by atoms with Gasteiger partial charge in [-0.3, -0.25) is 0 Å². The van der Waals surface area contributed by atoms with Gasteiger partial charge in [-0.15, -0.1) is 0 Å². The Morgan fingerprint density at radius 3 is 2.74 bits per heavy atom. The lowest BCUT2D eigenvalue weighted by atomic mass is 10.0. The highest BCUT2D eigenvalue weighted by atomic mass is 16.5. The van der Waals surface area contributed by atoms with Crippen molar-refractivity contribution in [1.29, 1.82) is 0 Å². The van der Waals surface area contributed by atoms with Gasteiger partial charge in [0.15, 0.2) is 0 Å². The van der Waals surface area contributed by atoms with E-state index in [0.29, 0.717) is 6.04 Å². The lowest BCUT2D eigenvalue weighted by Gasteiger charge is -2.24. The number of methoxy groups -OCH3 is 1. The third-order valence-corrected chi connectivity index (χ3v) is 4.24. The van der Waals surface area contributed by atoms with Crippen LogP contribution in [0.15, 0.2) is 12.1 Å². The lowest BCUT2D eigenvalue weighted by Crippen LogP contribution is -2.34. The van der Waals surface area contributed by atoms with Gasteiger partial charge in [-0.25, -0.2) is 0 Å². The van der Waals surface area contributed by atoms with Gasteiger partial charge in [0, 0.05) is 19.1 Å². The third-order valence-electron chi connectivity index (χ3n) is 4.24. The molecule has 3 heteroatoms. The zero-order valence-corrected chi connectivity index (χ0v) is 12.6. The number of nitrogens with zero attached hydrogens (tertiary/aromatic N) is 1. The Hall–Kier alpha value is -1.06. The van der Waals surface area contributed by atoms with Gasteiger partial charge in [0.2, 0.25) is 0 Å². The highest BCUT2D eigenvalue weighted by Gasteiger charge is 2.18. The molecule has 1 aromatic carbocycles. The molecule has 1 saturated heterocycles. The van der Waals surface area contributed by atoms with Crippen LogP contribution in [0.25, 0.3) is 0 Å². The minimum Gasteiger partial charge on any atom is -0.496 e. The van der Waals surface area contributed by atoms with Gasteiger partial charge in [0.1, 0.15) is 5.75 Å². The molecule has 0 saturated carbocycles. The summed E-state index contributed by atoms with van der Waals surface area (Å²) in [7, 11) is 3.98. The van der Waals surface area contributed by atoms with E-state index in [9.17, 15) is 0 Å². The van der Waals surface area contributed by atoms with E-state index in [4.69, 9.17) is 4.74 Å². The van der Waals surface area contributed by atoms with Crippen LogP contribution in [0.2, 0.25) is 0 Å². The van der Waals surface area contributed by atoms with Crippen LogP contribution in [0, 0.1) is 13.8 Å². The normalized spacial score (nSPS) is 19.1. The molecule has 2 rings (SSSR count). The highest BCUT2D eigenvalue weighted by Crippen LogP contribution is 2.23. The van der Waals surface area contributed by atoms with Gasteiger partial charge in [-0.05, 0) is 63.0 Å². The second-order valence-corrected chi connectivity index (χ2v) is 5.63. The molecular formula is C16H26N2O. The Morgan fingerprint density at radius 1 is 1.32 bits per heavy atom. The number of hydrogen-bond donors (Lipinski definition) is 1. The second-order valence-electron chi connectivity index (χ2n) is 5.63. The summed E-state index contributed by atoms with van der Waals surface area (Å²) in [6.07, 6.45) is 2.39. The van der Waals surface area contributed by atoms with Gasteiger partial charge in [-0.2, -0.15) is 0 Å². The van der Waals surface area contributed by atoms with Crippen molar-refractivity contribution in [2.75, 3.05) is 33.8 Å². The topological polar surface area (TPSA) is 24.5 Å². The largest absolute Gasteiger partial charge is 0.496 e. The molecule has 1 aromatic rings. The quantitative estimate of drug-likeness (QED) is 0.880. The first-order chi connectivity index (χ1) is 9.11. The molecule has 1 aliphatic rings. The zero-order valence-electron chi connectivity index (χ0n) is 12.6. The number of aryl methyl sites for hydroxylation is 2. The maximum Gasteiger partial charge on any atom is 0.122 e. The van der Waals surface area contributed by atoms with Crippen molar-refractivity contribution in [3.63, 3.8) is 0 Å². The Bertz CT molecular complexity index is 425. The number of rotatable bonds is 5. The molecule has 0 aromatic heterocycles. The SMILES string of the molecule is COc1cc(C)c(CCN(C)C2CCNC2)cc1C. The van der Waals surface area contributed by atoms with E-state index in [1.54, 1.807) is 7.11 Å². The smallest absolute Gasteiger partial charge is 0.122 e. The van der Waals surface area contributed by atoms with E-state index in [1.165, 1.54) is 23.1 Å². The van der Waals surface area contributed by atoms with Crippen LogP contribution in [-0.2, 0) is 6.42 Å². The van der Waals surface area contributed by atoms with Crippen molar-refractivity contribution in [2.45, 2.75) is 32.7 Å². The monoisotopic (exact) mass is 262 g/mol. The van der Waals surface area contributed by atoms with Crippen LogP contribution in [0.3, 0.4) is 0 Å². The molecule has 1 aliphatic heterocycles. The summed E-state index contributed by atoms with van der Waals surface area (Å²) in [6, 6.07) is 5.14. The van der Waals surface area contributed by atoms with Gasteiger partial charge >= 0.3 is 0 Å². The van der Waals surface area contributed by atoms with Crippen LogP contribution < -0.4 is 10.1 Å². The molecule has 0 spiro atoms. The molecule has 0 radical (unpaired) electrons. The van der Waals surface area contributed by atoms with E-state index in [-0.39, 0.29) is 0 Å². The number of nitrogens with one attached hydrogen (secondary N) is 1. The summed E-state index contributed by atoms with van der Waals surface area (Å²) >= 11 is 0. The van der Waals surface area contributed by atoms with Crippen LogP contribution in [0.5, 0.6) is 5.75 Å². The zero-order chi connectivity index (χ0) is 13.8. The average Bonchev–Trinajstić information content (AvgIpc) is 2.93. The van der Waals surface area contributed by atoms with Crippen molar-refractivity contribution >= 4 is 0 Å². The van der Waals surface area contributed by atoms with Crippen LogP contribution in [0.1, 0.15) is 23.1 Å². The van der Waals surface area contributed by atoms with E-state index >= 15 is 0 Å². The van der Waals surface area contributed by atoms with E-state index < -0.39 is 0 Å². The van der Waals surface area contributed by atoms with Crippen molar-refractivity contribution < 1.29 is 4.74 Å². The first-order valence-electron chi connectivity index (χ1n) is 7.17. The van der Waals surface area contributed by atoms with Gasteiger partial charge in [-0.1, -0.05) is 6.07 Å². The molecule has 0 aliphatic carbocycles. The first-order valence-corrected chi connectivity index (χ1v) is 7.17. The average molecular weight is 262 g/mol.